The smallest absolute Gasteiger partial charge is 0.257 e. The minimum Gasteiger partial charge on any atom is -0.329 e. The fourth-order valence-electron chi connectivity index (χ4n) is 3.58. The van der Waals surface area contributed by atoms with Crippen LogP contribution >= 0.6 is 34.8 Å². The number of benzene rings is 3. The topological polar surface area (TPSA) is 38.1 Å². The highest BCUT2D eigenvalue weighted by Crippen LogP contribution is 2.31. The van der Waals surface area contributed by atoms with Crippen molar-refractivity contribution in [2.24, 2.45) is 0 Å². The first-order valence-electron chi connectivity index (χ1n) is 9.84. The van der Waals surface area contributed by atoms with Crippen molar-refractivity contribution in [1.29, 1.82) is 0 Å². The lowest BCUT2D eigenvalue weighted by Gasteiger charge is -2.27. The normalized spacial score (nSPS) is 11.3. The number of imidazole rings is 1. The van der Waals surface area contributed by atoms with Crippen molar-refractivity contribution in [3.05, 3.63) is 93.2 Å². The number of carbonyl (C=O) groups excluding carboxylic acids is 1. The van der Waals surface area contributed by atoms with Crippen LogP contribution in [-0.2, 0) is 6.54 Å². The van der Waals surface area contributed by atoms with Gasteiger partial charge in [-0.05, 0) is 50.2 Å². The van der Waals surface area contributed by atoms with Crippen LogP contribution in [0.5, 0.6) is 0 Å². The summed E-state index contributed by atoms with van der Waals surface area (Å²) < 4.78 is 2.07. The monoisotopic (exact) mass is 471 g/mol. The molecule has 0 atom stereocenters. The van der Waals surface area contributed by atoms with Gasteiger partial charge in [0.15, 0.2) is 0 Å². The third-order valence-corrected chi connectivity index (χ3v) is 5.88. The van der Waals surface area contributed by atoms with Gasteiger partial charge in [-0.2, -0.15) is 0 Å². The van der Waals surface area contributed by atoms with Gasteiger partial charge in [-0.25, -0.2) is 4.98 Å². The Morgan fingerprint density at radius 2 is 1.58 bits per heavy atom. The number of halogens is 3. The van der Waals surface area contributed by atoms with Crippen LogP contribution in [-0.4, -0.2) is 26.4 Å². The maximum atomic E-state index is 13.5. The molecular formula is C24H20Cl3N3O. The molecule has 1 heterocycles. The fourth-order valence-corrected chi connectivity index (χ4v) is 4.56. The minimum atomic E-state index is -0.270. The fraction of sp³-hybridized carbons (Fsp3) is 0.167. The molecule has 31 heavy (non-hydrogen) atoms. The predicted octanol–water partition coefficient (Wildman–Crippen LogP) is 7.04. The van der Waals surface area contributed by atoms with Gasteiger partial charge in [-0.15, -0.1) is 0 Å². The molecule has 3 aromatic carbocycles. The van der Waals surface area contributed by atoms with E-state index in [0.29, 0.717) is 5.02 Å². The first-order chi connectivity index (χ1) is 14.9. The van der Waals surface area contributed by atoms with Crippen LogP contribution in [0.25, 0.3) is 16.7 Å². The Bertz CT molecular complexity index is 1230. The molecule has 0 saturated heterocycles. The van der Waals surface area contributed by atoms with Crippen molar-refractivity contribution in [3.8, 4) is 5.69 Å². The SMILES string of the molecule is CC(C)N(Cc1nc2ccccc2n1-c1ccccc1)C(=O)c1c(Cl)cc(Cl)cc1Cl. The number of rotatable bonds is 5. The molecule has 0 aliphatic heterocycles. The van der Waals surface area contributed by atoms with E-state index in [2.05, 4.69) is 4.57 Å². The summed E-state index contributed by atoms with van der Waals surface area (Å²) in [5.74, 6) is 0.476. The van der Waals surface area contributed by atoms with Gasteiger partial charge in [0.1, 0.15) is 5.82 Å². The van der Waals surface area contributed by atoms with Crippen molar-refractivity contribution >= 4 is 51.7 Å². The molecule has 0 spiro atoms. The van der Waals surface area contributed by atoms with Crippen LogP contribution in [0.1, 0.15) is 30.0 Å². The molecule has 0 saturated carbocycles. The van der Waals surface area contributed by atoms with E-state index in [-0.39, 0.29) is 34.1 Å². The van der Waals surface area contributed by atoms with Gasteiger partial charge >= 0.3 is 0 Å². The first kappa shape index (κ1) is 21.7. The van der Waals surface area contributed by atoms with Crippen LogP contribution in [0.3, 0.4) is 0 Å². The van der Waals surface area contributed by atoms with E-state index >= 15 is 0 Å². The summed E-state index contributed by atoms with van der Waals surface area (Å²) in [6.07, 6.45) is 0. The summed E-state index contributed by atoms with van der Waals surface area (Å²) in [6.45, 7) is 4.19. The maximum Gasteiger partial charge on any atom is 0.257 e. The molecule has 0 aliphatic rings. The summed E-state index contributed by atoms with van der Waals surface area (Å²) in [4.78, 5) is 20.0. The van der Waals surface area contributed by atoms with Gasteiger partial charge in [-0.1, -0.05) is 65.1 Å². The molecule has 1 amide bonds. The Labute approximate surface area is 196 Å². The van der Waals surface area contributed by atoms with Gasteiger partial charge in [0.25, 0.3) is 5.91 Å². The largest absolute Gasteiger partial charge is 0.329 e. The Morgan fingerprint density at radius 3 is 2.23 bits per heavy atom. The van der Waals surface area contributed by atoms with Crippen LogP contribution in [0, 0.1) is 0 Å². The minimum absolute atomic E-state index is 0.112. The van der Waals surface area contributed by atoms with E-state index in [0.717, 1.165) is 22.5 Å². The highest BCUT2D eigenvalue weighted by atomic mass is 35.5. The lowest BCUT2D eigenvalue weighted by Crippen LogP contribution is -2.37. The van der Waals surface area contributed by atoms with Crippen LogP contribution in [0.15, 0.2) is 66.7 Å². The lowest BCUT2D eigenvalue weighted by atomic mass is 10.1. The number of aromatic nitrogens is 2. The number of hydrogen-bond donors (Lipinski definition) is 0. The molecule has 0 N–H and O–H groups in total. The van der Waals surface area contributed by atoms with Crippen molar-refractivity contribution in [3.63, 3.8) is 0 Å². The molecule has 0 radical (unpaired) electrons. The van der Waals surface area contributed by atoms with Crippen molar-refractivity contribution in [1.82, 2.24) is 14.5 Å². The van der Waals surface area contributed by atoms with Crippen LogP contribution in [0.4, 0.5) is 0 Å². The molecular weight excluding hydrogens is 453 g/mol. The van der Waals surface area contributed by atoms with Crippen molar-refractivity contribution in [2.75, 3.05) is 0 Å². The maximum absolute atomic E-state index is 13.5. The quantitative estimate of drug-likeness (QED) is 0.312. The van der Waals surface area contributed by atoms with E-state index in [1.807, 2.05) is 68.4 Å². The summed E-state index contributed by atoms with van der Waals surface area (Å²) in [5, 5.41) is 0.836. The third kappa shape index (κ3) is 4.29. The Hall–Kier alpha value is -2.53. The third-order valence-electron chi connectivity index (χ3n) is 5.06. The van der Waals surface area contributed by atoms with Gasteiger partial charge in [0.05, 0.1) is 33.2 Å². The average molecular weight is 473 g/mol. The first-order valence-corrected chi connectivity index (χ1v) is 11.0. The van der Waals surface area contributed by atoms with Gasteiger partial charge in [0, 0.05) is 16.8 Å². The second-order valence-corrected chi connectivity index (χ2v) is 8.71. The van der Waals surface area contributed by atoms with E-state index in [4.69, 9.17) is 39.8 Å². The molecule has 4 nitrogen and oxygen atoms in total. The van der Waals surface area contributed by atoms with Crippen LogP contribution < -0.4 is 0 Å². The van der Waals surface area contributed by atoms with E-state index in [1.165, 1.54) is 12.1 Å². The summed E-state index contributed by atoms with van der Waals surface area (Å²) >= 11 is 18.7. The second-order valence-electron chi connectivity index (χ2n) is 7.46. The zero-order valence-electron chi connectivity index (χ0n) is 17.0. The number of hydrogen-bond acceptors (Lipinski definition) is 2. The number of fused-ring (bicyclic) bond motifs is 1. The summed E-state index contributed by atoms with van der Waals surface area (Å²) in [6, 6.07) is 20.8. The average Bonchev–Trinajstić information content (AvgIpc) is 3.09. The molecule has 4 aromatic rings. The predicted molar refractivity (Wildman–Crippen MR) is 128 cm³/mol. The standard InChI is InChI=1S/C24H20Cl3N3O/c1-15(2)29(24(31)23-18(26)12-16(25)13-19(23)27)14-22-28-20-10-6-7-11-21(20)30(22)17-8-4-3-5-9-17/h3-13,15H,14H2,1-2H3. The second kappa shape index (κ2) is 8.91. The molecule has 0 aliphatic carbocycles. The highest BCUT2D eigenvalue weighted by Gasteiger charge is 2.26. The van der Waals surface area contributed by atoms with E-state index < -0.39 is 0 Å². The number of nitrogens with zero attached hydrogens (tertiary/aromatic N) is 3. The highest BCUT2D eigenvalue weighted by molar-refractivity contribution is 6.42. The Balaban J connectivity index is 1.81. The molecule has 1 aromatic heterocycles. The van der Waals surface area contributed by atoms with E-state index in [1.54, 1.807) is 4.90 Å². The molecule has 7 heteroatoms. The molecule has 0 fully saturated rings. The van der Waals surface area contributed by atoms with Crippen LogP contribution in [0.2, 0.25) is 15.1 Å². The molecule has 4 rings (SSSR count). The van der Waals surface area contributed by atoms with E-state index in [9.17, 15) is 4.79 Å². The molecule has 0 unspecified atom stereocenters. The summed E-state index contributed by atoms with van der Waals surface area (Å²) in [7, 11) is 0. The number of amides is 1. The zero-order valence-corrected chi connectivity index (χ0v) is 19.3. The number of para-hydroxylation sites is 3. The van der Waals surface area contributed by atoms with Crippen molar-refractivity contribution < 1.29 is 4.79 Å². The number of carbonyl (C=O) groups is 1. The Kier molecular flexibility index (Phi) is 6.24. The lowest BCUT2D eigenvalue weighted by molar-refractivity contribution is 0.0684. The molecule has 0 bridgehead atoms. The van der Waals surface area contributed by atoms with Gasteiger partial charge in [0.2, 0.25) is 0 Å². The zero-order chi connectivity index (χ0) is 22.1. The van der Waals surface area contributed by atoms with Gasteiger partial charge < -0.3 is 4.90 Å². The summed E-state index contributed by atoms with van der Waals surface area (Å²) in [5.41, 5.74) is 3.05. The van der Waals surface area contributed by atoms with Crippen molar-refractivity contribution in [2.45, 2.75) is 26.4 Å². The van der Waals surface area contributed by atoms with Gasteiger partial charge in [-0.3, -0.25) is 9.36 Å². The molecule has 158 valence electrons. The Morgan fingerprint density at radius 1 is 0.968 bits per heavy atom.